The topological polar surface area (TPSA) is 73.6 Å². The van der Waals surface area contributed by atoms with Crippen LogP contribution in [0.5, 0.6) is 0 Å². The molecule has 58 valence electrons. The van der Waals surface area contributed by atoms with E-state index in [-0.39, 0.29) is 6.10 Å². The molecule has 4 N–H and O–H groups in total. The van der Waals surface area contributed by atoms with Gasteiger partial charge in [-0.3, -0.25) is 0 Å². The van der Waals surface area contributed by atoms with Crippen molar-refractivity contribution in [3.63, 3.8) is 0 Å². The van der Waals surface area contributed by atoms with E-state index in [2.05, 4.69) is 5.10 Å². The second-order valence-electron chi connectivity index (χ2n) is 1.99. The number of ether oxygens (including phenoxy) is 1. The molecule has 1 unspecified atom stereocenters. The van der Waals surface area contributed by atoms with Crippen LogP contribution >= 0.6 is 11.8 Å². The molecule has 0 aromatic carbocycles. The third-order valence-electron chi connectivity index (χ3n) is 1.29. The Balaban J connectivity index is 2.39. The highest BCUT2D eigenvalue weighted by Gasteiger charge is 2.17. The van der Waals surface area contributed by atoms with E-state index in [1.165, 1.54) is 0 Å². The maximum Gasteiger partial charge on any atom is 0.149 e. The minimum absolute atomic E-state index is 0.0660. The van der Waals surface area contributed by atoms with Crippen molar-refractivity contribution < 1.29 is 4.74 Å². The first-order valence-corrected chi connectivity index (χ1v) is 4.22. The molecule has 1 aliphatic heterocycles. The Morgan fingerprint density at radius 3 is 3.00 bits per heavy atom. The SMILES string of the molecule is NN=C(N)C1CSCCO1. The number of nitrogens with two attached hydrogens (primary N) is 2. The highest BCUT2D eigenvalue weighted by atomic mass is 32.2. The molecule has 0 saturated carbocycles. The van der Waals surface area contributed by atoms with Gasteiger partial charge in [0.2, 0.25) is 0 Å². The van der Waals surface area contributed by atoms with E-state index in [4.69, 9.17) is 16.3 Å². The molecule has 0 aromatic rings. The zero-order valence-corrected chi connectivity index (χ0v) is 6.43. The van der Waals surface area contributed by atoms with Crippen LogP contribution in [-0.2, 0) is 4.74 Å². The molecule has 5 heteroatoms. The quantitative estimate of drug-likeness (QED) is 0.232. The van der Waals surface area contributed by atoms with Gasteiger partial charge in [-0.25, -0.2) is 0 Å². The fourth-order valence-corrected chi connectivity index (χ4v) is 1.60. The first-order chi connectivity index (χ1) is 4.84. The molecule has 0 radical (unpaired) electrons. The molecule has 1 heterocycles. The van der Waals surface area contributed by atoms with Crippen molar-refractivity contribution in [3.05, 3.63) is 0 Å². The maximum absolute atomic E-state index is 5.43. The summed E-state index contributed by atoms with van der Waals surface area (Å²) in [5.41, 5.74) is 5.43. The average Bonchev–Trinajstić information content (AvgIpc) is 2.05. The zero-order chi connectivity index (χ0) is 7.40. The Morgan fingerprint density at radius 2 is 2.50 bits per heavy atom. The van der Waals surface area contributed by atoms with E-state index in [0.717, 1.165) is 18.1 Å². The summed E-state index contributed by atoms with van der Waals surface area (Å²) in [6, 6.07) is 0. The minimum Gasteiger partial charge on any atom is -0.384 e. The van der Waals surface area contributed by atoms with E-state index in [1.54, 1.807) is 11.8 Å². The van der Waals surface area contributed by atoms with Gasteiger partial charge in [0.1, 0.15) is 11.9 Å². The van der Waals surface area contributed by atoms with E-state index in [9.17, 15) is 0 Å². The van der Waals surface area contributed by atoms with Gasteiger partial charge in [0.15, 0.2) is 0 Å². The van der Waals surface area contributed by atoms with E-state index in [1.807, 2.05) is 0 Å². The Labute approximate surface area is 64.0 Å². The standard InChI is InChI=1S/C5H11N3OS/c6-5(8-7)4-3-10-2-1-9-4/h4H,1-3,7H2,(H2,6,8). The molecule has 0 amide bonds. The van der Waals surface area contributed by atoms with Crippen LogP contribution in [0.4, 0.5) is 0 Å². The van der Waals surface area contributed by atoms with Crippen molar-refractivity contribution >= 4 is 17.6 Å². The highest BCUT2D eigenvalue weighted by Crippen LogP contribution is 2.11. The lowest BCUT2D eigenvalue weighted by Gasteiger charge is -2.20. The van der Waals surface area contributed by atoms with Crippen molar-refractivity contribution in [2.24, 2.45) is 16.7 Å². The largest absolute Gasteiger partial charge is 0.384 e. The zero-order valence-electron chi connectivity index (χ0n) is 5.62. The number of thioether (sulfide) groups is 1. The molecular formula is C5H11N3OS. The van der Waals surface area contributed by atoms with Gasteiger partial charge >= 0.3 is 0 Å². The number of hydrazone groups is 1. The number of hydrogen-bond acceptors (Lipinski definition) is 4. The second kappa shape index (κ2) is 3.68. The third kappa shape index (κ3) is 1.78. The average molecular weight is 161 g/mol. The highest BCUT2D eigenvalue weighted by molar-refractivity contribution is 7.99. The van der Waals surface area contributed by atoms with Crippen molar-refractivity contribution in [1.82, 2.24) is 0 Å². The van der Waals surface area contributed by atoms with Gasteiger partial charge in [0.25, 0.3) is 0 Å². The van der Waals surface area contributed by atoms with Crippen LogP contribution in [0.2, 0.25) is 0 Å². The van der Waals surface area contributed by atoms with Crippen molar-refractivity contribution in [2.75, 3.05) is 18.1 Å². The molecule has 0 bridgehead atoms. The predicted octanol–water partition coefficient (Wildman–Crippen LogP) is -0.651. The fraction of sp³-hybridized carbons (Fsp3) is 0.800. The summed E-state index contributed by atoms with van der Waals surface area (Å²) in [4.78, 5) is 0. The van der Waals surface area contributed by atoms with Crippen LogP contribution in [0.3, 0.4) is 0 Å². The molecular weight excluding hydrogens is 150 g/mol. The summed E-state index contributed by atoms with van der Waals surface area (Å²) in [6.07, 6.45) is -0.0660. The summed E-state index contributed by atoms with van der Waals surface area (Å²) in [5.74, 6) is 7.28. The Hall–Kier alpha value is -0.420. The van der Waals surface area contributed by atoms with Gasteiger partial charge in [-0.15, -0.1) is 0 Å². The third-order valence-corrected chi connectivity index (χ3v) is 2.29. The molecule has 10 heavy (non-hydrogen) atoms. The van der Waals surface area contributed by atoms with Crippen LogP contribution in [0, 0.1) is 0 Å². The predicted molar refractivity (Wildman–Crippen MR) is 42.9 cm³/mol. The van der Waals surface area contributed by atoms with Crippen molar-refractivity contribution in [2.45, 2.75) is 6.10 Å². The lowest BCUT2D eigenvalue weighted by atomic mass is 10.4. The summed E-state index contributed by atoms with van der Waals surface area (Å²) >= 11 is 1.81. The summed E-state index contributed by atoms with van der Waals surface area (Å²) in [6.45, 7) is 0.742. The van der Waals surface area contributed by atoms with Crippen molar-refractivity contribution in [1.29, 1.82) is 0 Å². The number of rotatable bonds is 1. The molecule has 0 aromatic heterocycles. The Bertz CT molecular complexity index is 133. The lowest BCUT2D eigenvalue weighted by Crippen LogP contribution is -2.37. The van der Waals surface area contributed by atoms with Gasteiger partial charge in [0, 0.05) is 11.5 Å². The van der Waals surface area contributed by atoms with Gasteiger partial charge < -0.3 is 16.3 Å². The molecule has 1 aliphatic rings. The molecule has 0 aliphatic carbocycles. The van der Waals surface area contributed by atoms with E-state index < -0.39 is 0 Å². The summed E-state index contributed by atoms with van der Waals surface area (Å²) < 4.78 is 5.27. The Morgan fingerprint density at radius 1 is 1.70 bits per heavy atom. The van der Waals surface area contributed by atoms with Gasteiger partial charge in [-0.05, 0) is 0 Å². The summed E-state index contributed by atoms with van der Waals surface area (Å²) in [5, 5.41) is 3.37. The molecule has 4 nitrogen and oxygen atoms in total. The minimum atomic E-state index is -0.0660. The second-order valence-corrected chi connectivity index (χ2v) is 3.14. The number of nitrogens with zero attached hydrogens (tertiary/aromatic N) is 1. The molecule has 1 atom stereocenters. The summed E-state index contributed by atoms with van der Waals surface area (Å²) in [7, 11) is 0. The Kier molecular flexibility index (Phi) is 2.82. The molecule has 1 rings (SSSR count). The smallest absolute Gasteiger partial charge is 0.149 e. The van der Waals surface area contributed by atoms with Crippen LogP contribution in [-0.4, -0.2) is 30.1 Å². The van der Waals surface area contributed by atoms with Gasteiger partial charge in [-0.1, -0.05) is 0 Å². The van der Waals surface area contributed by atoms with Crippen LogP contribution in [0.15, 0.2) is 5.10 Å². The number of amidine groups is 1. The van der Waals surface area contributed by atoms with Crippen LogP contribution in [0.1, 0.15) is 0 Å². The van der Waals surface area contributed by atoms with E-state index >= 15 is 0 Å². The normalized spacial score (nSPS) is 28.4. The molecule has 1 saturated heterocycles. The van der Waals surface area contributed by atoms with Crippen molar-refractivity contribution in [3.8, 4) is 0 Å². The number of hydrogen-bond donors (Lipinski definition) is 2. The van der Waals surface area contributed by atoms with Gasteiger partial charge in [-0.2, -0.15) is 16.9 Å². The molecule has 1 fully saturated rings. The fourth-order valence-electron chi connectivity index (χ4n) is 0.742. The lowest BCUT2D eigenvalue weighted by molar-refractivity contribution is 0.120. The molecule has 0 spiro atoms. The first-order valence-electron chi connectivity index (χ1n) is 3.07. The van der Waals surface area contributed by atoms with Gasteiger partial charge in [0.05, 0.1) is 6.61 Å². The van der Waals surface area contributed by atoms with Crippen LogP contribution in [0.25, 0.3) is 0 Å². The van der Waals surface area contributed by atoms with E-state index in [0.29, 0.717) is 5.84 Å². The maximum atomic E-state index is 5.43. The van der Waals surface area contributed by atoms with Crippen LogP contribution < -0.4 is 11.6 Å². The monoisotopic (exact) mass is 161 g/mol. The first kappa shape index (κ1) is 7.68.